The third-order valence-corrected chi connectivity index (χ3v) is 3.19. The average Bonchev–Trinajstić information content (AvgIpc) is 2.10. The van der Waals surface area contributed by atoms with Crippen LogP contribution in [0.3, 0.4) is 0 Å². The minimum Gasteiger partial charge on any atom is -0.328 e. The lowest BCUT2D eigenvalue weighted by Crippen LogP contribution is -2.51. The van der Waals surface area contributed by atoms with Gasteiger partial charge < -0.3 is 11.1 Å². The number of nitrogens with one attached hydrogen (secondary N) is 1. The van der Waals surface area contributed by atoms with Gasteiger partial charge in [-0.3, -0.25) is 0 Å². The first-order valence-electron chi connectivity index (χ1n) is 6.24. The Kier molecular flexibility index (Phi) is 5.49. The third kappa shape index (κ3) is 4.43. The number of unbranched alkanes of at least 4 members (excludes halogenated alkanes) is 3. The molecule has 1 aliphatic carbocycles. The molecule has 14 heavy (non-hydrogen) atoms. The number of rotatable bonds is 7. The van der Waals surface area contributed by atoms with Crippen LogP contribution >= 0.6 is 0 Å². The molecule has 84 valence electrons. The highest BCUT2D eigenvalue weighted by Crippen LogP contribution is 2.18. The lowest BCUT2D eigenvalue weighted by molar-refractivity contribution is 0.264. The van der Waals surface area contributed by atoms with E-state index >= 15 is 0 Å². The Labute approximate surface area is 88.6 Å². The van der Waals surface area contributed by atoms with Crippen molar-refractivity contribution in [3.63, 3.8) is 0 Å². The molecule has 0 aromatic rings. The standard InChI is InChI=1S/C12H26N2/c1-3-4-5-6-7-10(2)14-12-8-11(13)9-12/h10-12,14H,3-9,13H2,1-2H3. The molecule has 1 fully saturated rings. The zero-order valence-electron chi connectivity index (χ0n) is 9.76. The summed E-state index contributed by atoms with van der Waals surface area (Å²) in [7, 11) is 0. The van der Waals surface area contributed by atoms with Gasteiger partial charge in [0, 0.05) is 18.1 Å². The quantitative estimate of drug-likeness (QED) is 0.617. The van der Waals surface area contributed by atoms with E-state index in [2.05, 4.69) is 19.2 Å². The van der Waals surface area contributed by atoms with Gasteiger partial charge in [-0.25, -0.2) is 0 Å². The Balaban J connectivity index is 1.91. The zero-order valence-corrected chi connectivity index (χ0v) is 9.76. The van der Waals surface area contributed by atoms with E-state index in [1.165, 1.54) is 44.9 Å². The van der Waals surface area contributed by atoms with Crippen LogP contribution < -0.4 is 11.1 Å². The molecular formula is C12H26N2. The summed E-state index contributed by atoms with van der Waals surface area (Å²) in [6.45, 7) is 4.56. The van der Waals surface area contributed by atoms with E-state index in [-0.39, 0.29) is 0 Å². The molecule has 2 heteroatoms. The fourth-order valence-corrected chi connectivity index (χ4v) is 2.16. The maximum absolute atomic E-state index is 5.74. The van der Waals surface area contributed by atoms with Crippen LogP contribution in [0.25, 0.3) is 0 Å². The lowest BCUT2D eigenvalue weighted by Gasteiger charge is -2.35. The van der Waals surface area contributed by atoms with Gasteiger partial charge >= 0.3 is 0 Å². The Hall–Kier alpha value is -0.0800. The van der Waals surface area contributed by atoms with Crippen LogP contribution in [0.4, 0.5) is 0 Å². The van der Waals surface area contributed by atoms with Gasteiger partial charge in [0.2, 0.25) is 0 Å². The molecule has 3 N–H and O–H groups in total. The first-order chi connectivity index (χ1) is 6.72. The normalized spacial score (nSPS) is 28.5. The fraction of sp³-hybridized carbons (Fsp3) is 1.00. The molecule has 0 aliphatic heterocycles. The van der Waals surface area contributed by atoms with Crippen LogP contribution in [-0.2, 0) is 0 Å². The largest absolute Gasteiger partial charge is 0.328 e. The van der Waals surface area contributed by atoms with Gasteiger partial charge in [0.15, 0.2) is 0 Å². The molecule has 1 rings (SSSR count). The SMILES string of the molecule is CCCCCCC(C)NC1CC(N)C1. The van der Waals surface area contributed by atoms with Crippen molar-refractivity contribution >= 4 is 0 Å². The highest BCUT2D eigenvalue weighted by molar-refractivity contribution is 4.88. The number of hydrogen-bond donors (Lipinski definition) is 2. The topological polar surface area (TPSA) is 38.0 Å². The van der Waals surface area contributed by atoms with E-state index < -0.39 is 0 Å². The molecule has 1 aliphatic rings. The van der Waals surface area contributed by atoms with E-state index in [4.69, 9.17) is 5.73 Å². The maximum Gasteiger partial charge on any atom is 0.00990 e. The van der Waals surface area contributed by atoms with Crippen molar-refractivity contribution in [1.29, 1.82) is 0 Å². The summed E-state index contributed by atoms with van der Waals surface area (Å²) in [6.07, 6.45) is 9.18. The van der Waals surface area contributed by atoms with Gasteiger partial charge in [0.05, 0.1) is 0 Å². The number of nitrogens with two attached hydrogens (primary N) is 1. The maximum atomic E-state index is 5.74. The highest BCUT2D eigenvalue weighted by atomic mass is 15.0. The van der Waals surface area contributed by atoms with E-state index in [0.29, 0.717) is 18.1 Å². The van der Waals surface area contributed by atoms with Crippen LogP contribution in [0.15, 0.2) is 0 Å². The molecule has 0 saturated heterocycles. The predicted octanol–water partition coefficient (Wildman–Crippen LogP) is 2.42. The van der Waals surface area contributed by atoms with Crippen molar-refractivity contribution in [1.82, 2.24) is 5.32 Å². The summed E-state index contributed by atoms with van der Waals surface area (Å²) in [5.74, 6) is 0. The highest BCUT2D eigenvalue weighted by Gasteiger charge is 2.26. The van der Waals surface area contributed by atoms with E-state index in [1.54, 1.807) is 0 Å². The fourth-order valence-electron chi connectivity index (χ4n) is 2.16. The molecule has 1 saturated carbocycles. The van der Waals surface area contributed by atoms with Crippen molar-refractivity contribution in [3.05, 3.63) is 0 Å². The van der Waals surface area contributed by atoms with Gasteiger partial charge in [-0.2, -0.15) is 0 Å². The summed E-state index contributed by atoms with van der Waals surface area (Å²) in [5, 5.41) is 3.64. The summed E-state index contributed by atoms with van der Waals surface area (Å²) >= 11 is 0. The van der Waals surface area contributed by atoms with Gasteiger partial charge in [-0.15, -0.1) is 0 Å². The van der Waals surface area contributed by atoms with Crippen molar-refractivity contribution in [2.24, 2.45) is 5.73 Å². The van der Waals surface area contributed by atoms with Crippen LogP contribution in [0.2, 0.25) is 0 Å². The first-order valence-corrected chi connectivity index (χ1v) is 6.24. The molecule has 0 amide bonds. The second-order valence-corrected chi connectivity index (χ2v) is 4.85. The molecule has 0 heterocycles. The first kappa shape index (κ1) is 12.0. The zero-order chi connectivity index (χ0) is 10.4. The molecule has 1 unspecified atom stereocenters. The Morgan fingerprint density at radius 1 is 1.29 bits per heavy atom. The number of hydrogen-bond acceptors (Lipinski definition) is 2. The molecule has 0 bridgehead atoms. The van der Waals surface area contributed by atoms with Crippen LogP contribution in [-0.4, -0.2) is 18.1 Å². The van der Waals surface area contributed by atoms with Gasteiger partial charge in [-0.05, 0) is 26.2 Å². The van der Waals surface area contributed by atoms with Crippen LogP contribution in [0.5, 0.6) is 0 Å². The minimum absolute atomic E-state index is 0.472. The molecular weight excluding hydrogens is 172 g/mol. The summed E-state index contributed by atoms with van der Waals surface area (Å²) in [4.78, 5) is 0. The van der Waals surface area contributed by atoms with Gasteiger partial charge in [-0.1, -0.05) is 32.6 Å². The molecule has 0 spiro atoms. The van der Waals surface area contributed by atoms with E-state index in [0.717, 1.165) is 0 Å². The predicted molar refractivity (Wildman–Crippen MR) is 62.4 cm³/mol. The molecule has 0 radical (unpaired) electrons. The second-order valence-electron chi connectivity index (χ2n) is 4.85. The van der Waals surface area contributed by atoms with E-state index in [9.17, 15) is 0 Å². The monoisotopic (exact) mass is 198 g/mol. The molecule has 2 nitrogen and oxygen atoms in total. The molecule has 1 atom stereocenters. The summed E-state index contributed by atoms with van der Waals surface area (Å²) in [6, 6.07) is 1.87. The Morgan fingerprint density at radius 2 is 2.00 bits per heavy atom. The van der Waals surface area contributed by atoms with Gasteiger partial charge in [0.1, 0.15) is 0 Å². The van der Waals surface area contributed by atoms with Crippen molar-refractivity contribution in [2.45, 2.75) is 76.9 Å². The van der Waals surface area contributed by atoms with Crippen molar-refractivity contribution < 1.29 is 0 Å². The third-order valence-electron chi connectivity index (χ3n) is 3.19. The minimum atomic E-state index is 0.472. The van der Waals surface area contributed by atoms with Gasteiger partial charge in [0.25, 0.3) is 0 Å². The second kappa shape index (κ2) is 6.41. The Morgan fingerprint density at radius 3 is 2.57 bits per heavy atom. The summed E-state index contributed by atoms with van der Waals surface area (Å²) in [5.41, 5.74) is 5.74. The Bertz CT molecular complexity index is 141. The molecule has 0 aromatic heterocycles. The summed E-state index contributed by atoms with van der Waals surface area (Å²) < 4.78 is 0. The van der Waals surface area contributed by atoms with Crippen molar-refractivity contribution in [2.75, 3.05) is 0 Å². The van der Waals surface area contributed by atoms with Crippen molar-refractivity contribution in [3.8, 4) is 0 Å². The smallest absolute Gasteiger partial charge is 0.00990 e. The molecule has 0 aromatic carbocycles. The average molecular weight is 198 g/mol. The van der Waals surface area contributed by atoms with E-state index in [1.807, 2.05) is 0 Å². The van der Waals surface area contributed by atoms with Crippen LogP contribution in [0.1, 0.15) is 58.8 Å². The van der Waals surface area contributed by atoms with Crippen LogP contribution in [0, 0.1) is 0 Å². The lowest BCUT2D eigenvalue weighted by atomic mass is 9.87.